The Kier molecular flexibility index (Phi) is 3.62. The van der Waals surface area contributed by atoms with E-state index in [1.807, 2.05) is 0 Å². The second kappa shape index (κ2) is 4.74. The van der Waals surface area contributed by atoms with Gasteiger partial charge < -0.3 is 15.6 Å². The molecule has 0 aliphatic carbocycles. The molecule has 1 aromatic carbocycles. The first-order valence-electron chi connectivity index (χ1n) is 4.28. The molecule has 1 unspecified atom stereocenters. The molecule has 0 radical (unpaired) electrons. The molecule has 0 spiro atoms. The average Bonchev–Trinajstić information content (AvgIpc) is 2.17. The normalized spacial score (nSPS) is 12.2. The molecular formula is C10H13NO3. The van der Waals surface area contributed by atoms with E-state index in [1.165, 1.54) is 6.92 Å². The van der Waals surface area contributed by atoms with Gasteiger partial charge in [0.05, 0.1) is 12.6 Å². The molecule has 0 amide bonds. The molecule has 4 heteroatoms. The third-order valence-electron chi connectivity index (χ3n) is 1.77. The van der Waals surface area contributed by atoms with Gasteiger partial charge in [-0.05, 0) is 17.7 Å². The summed E-state index contributed by atoms with van der Waals surface area (Å²) >= 11 is 0. The highest BCUT2D eigenvalue weighted by Gasteiger charge is 2.04. The van der Waals surface area contributed by atoms with Crippen LogP contribution in [-0.4, -0.2) is 17.7 Å². The first-order valence-corrected chi connectivity index (χ1v) is 4.28. The number of hydrogen-bond donors (Lipinski definition) is 2. The summed E-state index contributed by atoms with van der Waals surface area (Å²) in [5.74, 6) is 0.121. The van der Waals surface area contributed by atoms with Crippen molar-refractivity contribution in [1.82, 2.24) is 0 Å². The number of ether oxygens (including phenoxy) is 1. The zero-order chi connectivity index (χ0) is 10.6. The van der Waals surface area contributed by atoms with Gasteiger partial charge in [-0.1, -0.05) is 12.1 Å². The zero-order valence-corrected chi connectivity index (χ0v) is 7.93. The zero-order valence-electron chi connectivity index (χ0n) is 7.93. The Bertz CT molecular complexity index is 308. The van der Waals surface area contributed by atoms with E-state index in [9.17, 15) is 4.79 Å². The average molecular weight is 195 g/mol. The molecule has 4 nitrogen and oxygen atoms in total. The fourth-order valence-corrected chi connectivity index (χ4v) is 1.05. The van der Waals surface area contributed by atoms with Crippen molar-refractivity contribution in [3.63, 3.8) is 0 Å². The lowest BCUT2D eigenvalue weighted by molar-refractivity contribution is -0.131. The molecule has 0 heterocycles. The van der Waals surface area contributed by atoms with Crippen LogP contribution in [0.4, 0.5) is 0 Å². The molecule has 1 atom stereocenters. The van der Waals surface area contributed by atoms with Crippen molar-refractivity contribution in [2.45, 2.75) is 13.0 Å². The number of benzene rings is 1. The molecule has 14 heavy (non-hydrogen) atoms. The molecule has 0 fully saturated rings. The first-order chi connectivity index (χ1) is 6.63. The Morgan fingerprint density at radius 1 is 1.50 bits per heavy atom. The van der Waals surface area contributed by atoms with Gasteiger partial charge in [0.2, 0.25) is 0 Å². The largest absolute Gasteiger partial charge is 0.427 e. The number of esters is 1. The number of rotatable bonds is 3. The number of carbonyl (C=O) groups excluding carboxylic acids is 1. The van der Waals surface area contributed by atoms with E-state index >= 15 is 0 Å². The maximum Gasteiger partial charge on any atom is 0.308 e. The predicted molar refractivity (Wildman–Crippen MR) is 51.8 cm³/mol. The Balaban J connectivity index is 2.73. The topological polar surface area (TPSA) is 72.5 Å². The fourth-order valence-electron chi connectivity index (χ4n) is 1.05. The Hall–Kier alpha value is -1.39. The highest BCUT2D eigenvalue weighted by Crippen LogP contribution is 2.16. The van der Waals surface area contributed by atoms with Crippen LogP contribution in [0.5, 0.6) is 5.75 Å². The number of hydrogen-bond acceptors (Lipinski definition) is 4. The van der Waals surface area contributed by atoms with Crippen LogP contribution in [-0.2, 0) is 4.79 Å². The SMILES string of the molecule is CC(=O)Oc1ccc(C(N)CO)cc1. The van der Waals surface area contributed by atoms with Crippen LogP contribution in [0.25, 0.3) is 0 Å². The highest BCUT2D eigenvalue weighted by molar-refractivity contribution is 5.69. The molecule has 0 aliphatic rings. The van der Waals surface area contributed by atoms with Crippen LogP contribution in [0.2, 0.25) is 0 Å². The number of aliphatic hydroxyl groups excluding tert-OH is 1. The summed E-state index contributed by atoms with van der Waals surface area (Å²) in [6, 6.07) is 6.35. The van der Waals surface area contributed by atoms with Crippen molar-refractivity contribution in [1.29, 1.82) is 0 Å². The summed E-state index contributed by atoms with van der Waals surface area (Å²) in [6.45, 7) is 1.24. The van der Waals surface area contributed by atoms with Crippen LogP contribution in [0.3, 0.4) is 0 Å². The third kappa shape index (κ3) is 2.83. The van der Waals surface area contributed by atoms with Crippen LogP contribution in [0, 0.1) is 0 Å². The summed E-state index contributed by atoms with van der Waals surface area (Å²) in [6.07, 6.45) is 0. The van der Waals surface area contributed by atoms with Gasteiger partial charge in [-0.2, -0.15) is 0 Å². The van der Waals surface area contributed by atoms with Crippen molar-refractivity contribution in [2.75, 3.05) is 6.61 Å². The van der Waals surface area contributed by atoms with Crippen LogP contribution < -0.4 is 10.5 Å². The predicted octanol–water partition coefficient (Wildman–Crippen LogP) is 0.604. The van der Waals surface area contributed by atoms with Gasteiger partial charge in [-0.25, -0.2) is 0 Å². The monoisotopic (exact) mass is 195 g/mol. The smallest absolute Gasteiger partial charge is 0.308 e. The molecule has 0 saturated carbocycles. The van der Waals surface area contributed by atoms with Gasteiger partial charge in [0, 0.05) is 6.92 Å². The quantitative estimate of drug-likeness (QED) is 0.547. The second-order valence-corrected chi connectivity index (χ2v) is 2.95. The van der Waals surface area contributed by atoms with Crippen molar-refractivity contribution in [3.05, 3.63) is 29.8 Å². The van der Waals surface area contributed by atoms with Gasteiger partial charge >= 0.3 is 5.97 Å². The van der Waals surface area contributed by atoms with E-state index in [0.29, 0.717) is 5.75 Å². The van der Waals surface area contributed by atoms with E-state index in [-0.39, 0.29) is 18.6 Å². The summed E-state index contributed by atoms with van der Waals surface area (Å²) in [5, 5.41) is 8.79. The van der Waals surface area contributed by atoms with Crippen molar-refractivity contribution >= 4 is 5.97 Å². The van der Waals surface area contributed by atoms with Gasteiger partial charge in [-0.3, -0.25) is 4.79 Å². The van der Waals surface area contributed by atoms with Crippen LogP contribution in [0.15, 0.2) is 24.3 Å². The Morgan fingerprint density at radius 3 is 2.50 bits per heavy atom. The summed E-state index contributed by atoms with van der Waals surface area (Å²) in [4.78, 5) is 10.6. The van der Waals surface area contributed by atoms with Crippen molar-refractivity contribution in [2.24, 2.45) is 5.73 Å². The summed E-state index contributed by atoms with van der Waals surface area (Å²) < 4.78 is 4.84. The van der Waals surface area contributed by atoms with Gasteiger partial charge in [0.15, 0.2) is 0 Å². The molecule has 1 rings (SSSR count). The fraction of sp³-hybridized carbons (Fsp3) is 0.300. The number of carbonyl (C=O) groups is 1. The maximum absolute atomic E-state index is 10.6. The lowest BCUT2D eigenvalue weighted by Gasteiger charge is -2.08. The Morgan fingerprint density at radius 2 is 2.07 bits per heavy atom. The van der Waals surface area contributed by atoms with Crippen molar-refractivity contribution in [3.8, 4) is 5.75 Å². The van der Waals surface area contributed by atoms with E-state index in [4.69, 9.17) is 15.6 Å². The first kappa shape index (κ1) is 10.7. The number of aliphatic hydroxyl groups is 1. The molecule has 0 aliphatic heterocycles. The summed E-state index contributed by atoms with van der Waals surface area (Å²) in [7, 11) is 0. The number of nitrogens with two attached hydrogens (primary N) is 1. The third-order valence-corrected chi connectivity index (χ3v) is 1.77. The summed E-state index contributed by atoms with van der Waals surface area (Å²) in [5.41, 5.74) is 6.40. The molecule has 0 saturated heterocycles. The van der Waals surface area contributed by atoms with E-state index in [1.54, 1.807) is 24.3 Å². The van der Waals surface area contributed by atoms with Gasteiger partial charge in [-0.15, -0.1) is 0 Å². The van der Waals surface area contributed by atoms with E-state index < -0.39 is 0 Å². The highest BCUT2D eigenvalue weighted by atomic mass is 16.5. The minimum Gasteiger partial charge on any atom is -0.427 e. The lowest BCUT2D eigenvalue weighted by atomic mass is 10.1. The van der Waals surface area contributed by atoms with Gasteiger partial charge in [0.25, 0.3) is 0 Å². The Labute approximate surface area is 82.3 Å². The molecule has 0 aromatic heterocycles. The standard InChI is InChI=1S/C10H13NO3/c1-7(13)14-9-4-2-8(3-5-9)10(11)6-12/h2-5,10,12H,6,11H2,1H3. The van der Waals surface area contributed by atoms with E-state index in [2.05, 4.69) is 0 Å². The van der Waals surface area contributed by atoms with Crippen molar-refractivity contribution < 1.29 is 14.6 Å². The van der Waals surface area contributed by atoms with Crippen LogP contribution in [0.1, 0.15) is 18.5 Å². The minimum atomic E-state index is -0.388. The minimum absolute atomic E-state index is 0.104. The van der Waals surface area contributed by atoms with Gasteiger partial charge in [0.1, 0.15) is 5.75 Å². The second-order valence-electron chi connectivity index (χ2n) is 2.95. The van der Waals surface area contributed by atoms with Crippen LogP contribution >= 0.6 is 0 Å². The molecular weight excluding hydrogens is 182 g/mol. The molecule has 3 N–H and O–H groups in total. The maximum atomic E-state index is 10.6. The molecule has 76 valence electrons. The van der Waals surface area contributed by atoms with E-state index in [0.717, 1.165) is 5.56 Å². The lowest BCUT2D eigenvalue weighted by Crippen LogP contribution is -2.14. The molecule has 0 bridgehead atoms. The molecule has 1 aromatic rings.